The molecule has 1 amide bonds. The molecule has 8 heteroatoms. The summed E-state index contributed by atoms with van der Waals surface area (Å²) in [6.45, 7) is 0.343. The van der Waals surface area contributed by atoms with Gasteiger partial charge < -0.3 is 10.0 Å². The van der Waals surface area contributed by atoms with Gasteiger partial charge >= 0.3 is 5.97 Å². The van der Waals surface area contributed by atoms with E-state index in [1.165, 1.54) is 23.1 Å². The van der Waals surface area contributed by atoms with Gasteiger partial charge in [-0.15, -0.1) is 0 Å². The van der Waals surface area contributed by atoms with E-state index in [1.54, 1.807) is 0 Å². The minimum absolute atomic E-state index is 0.115. The lowest BCUT2D eigenvalue weighted by molar-refractivity contribution is -0.385. The number of benzene rings is 1. The van der Waals surface area contributed by atoms with Crippen molar-refractivity contribution in [2.24, 2.45) is 0 Å². The summed E-state index contributed by atoms with van der Waals surface area (Å²) < 4.78 is 0.406. The Morgan fingerprint density at radius 1 is 1.33 bits per heavy atom. The monoisotopic (exact) mass is 356 g/mol. The SMILES string of the molecule is O=C(O)[C@@H]1CCCCN1C(=O)c1cc(Br)cc([N+](=O)[O-])c1. The number of piperidine rings is 1. The molecule has 112 valence electrons. The molecule has 1 fully saturated rings. The van der Waals surface area contributed by atoms with Gasteiger partial charge in [-0.3, -0.25) is 14.9 Å². The third-order valence-corrected chi connectivity index (χ3v) is 3.85. The summed E-state index contributed by atoms with van der Waals surface area (Å²) in [6, 6.07) is 3.05. The summed E-state index contributed by atoms with van der Waals surface area (Å²) in [4.78, 5) is 35.2. The predicted octanol–water partition coefficient (Wildman–Crippen LogP) is 2.44. The number of carbonyl (C=O) groups is 2. The molecule has 0 radical (unpaired) electrons. The lowest BCUT2D eigenvalue weighted by Gasteiger charge is -2.33. The van der Waals surface area contributed by atoms with Crippen LogP contribution < -0.4 is 0 Å². The highest BCUT2D eigenvalue weighted by Crippen LogP contribution is 2.25. The first-order chi connectivity index (χ1) is 9.90. The second-order valence-corrected chi connectivity index (χ2v) is 5.72. The summed E-state index contributed by atoms with van der Waals surface area (Å²) in [5.74, 6) is -1.54. The van der Waals surface area contributed by atoms with Gasteiger partial charge in [0.1, 0.15) is 6.04 Å². The molecule has 1 aromatic rings. The molecule has 7 nitrogen and oxygen atoms in total. The fraction of sp³-hybridized carbons (Fsp3) is 0.385. The van der Waals surface area contributed by atoms with Gasteiger partial charge in [-0.05, 0) is 25.3 Å². The zero-order valence-corrected chi connectivity index (χ0v) is 12.6. The van der Waals surface area contributed by atoms with Crippen molar-refractivity contribution < 1.29 is 19.6 Å². The first-order valence-corrected chi connectivity index (χ1v) is 7.18. The van der Waals surface area contributed by atoms with E-state index in [0.717, 1.165) is 12.8 Å². The summed E-state index contributed by atoms with van der Waals surface area (Å²) in [6.07, 6.45) is 1.88. The van der Waals surface area contributed by atoms with Crippen LogP contribution in [0.2, 0.25) is 0 Å². The number of nitrogens with zero attached hydrogens (tertiary/aromatic N) is 2. The van der Waals surface area contributed by atoms with Gasteiger partial charge in [0.25, 0.3) is 11.6 Å². The van der Waals surface area contributed by atoms with E-state index in [9.17, 15) is 24.8 Å². The van der Waals surface area contributed by atoms with Gasteiger partial charge in [0.15, 0.2) is 0 Å². The smallest absolute Gasteiger partial charge is 0.326 e. The zero-order valence-electron chi connectivity index (χ0n) is 11.0. The van der Waals surface area contributed by atoms with E-state index in [-0.39, 0.29) is 11.3 Å². The van der Waals surface area contributed by atoms with Gasteiger partial charge in [0.05, 0.1) is 4.92 Å². The number of carboxylic acids is 1. The highest BCUT2D eigenvalue weighted by Gasteiger charge is 2.33. The van der Waals surface area contributed by atoms with Gasteiger partial charge in [0.2, 0.25) is 0 Å². The lowest BCUT2D eigenvalue weighted by atomic mass is 10.0. The first-order valence-electron chi connectivity index (χ1n) is 6.39. The topological polar surface area (TPSA) is 101 Å². The van der Waals surface area contributed by atoms with Gasteiger partial charge in [-0.25, -0.2) is 4.79 Å². The van der Waals surface area contributed by atoms with Crippen LogP contribution in [-0.2, 0) is 4.79 Å². The fourth-order valence-corrected chi connectivity index (χ4v) is 2.88. The Morgan fingerprint density at radius 2 is 2.05 bits per heavy atom. The van der Waals surface area contributed by atoms with Crippen molar-refractivity contribution >= 4 is 33.5 Å². The van der Waals surface area contributed by atoms with E-state index in [0.29, 0.717) is 17.4 Å². The standard InChI is InChI=1S/C13H13BrN2O5/c14-9-5-8(6-10(7-9)16(20)21)12(17)15-4-2-1-3-11(15)13(18)19/h5-7,11H,1-4H2,(H,18,19)/t11-/m0/s1. The van der Waals surface area contributed by atoms with Crippen molar-refractivity contribution in [2.45, 2.75) is 25.3 Å². The number of halogens is 1. The second kappa shape index (κ2) is 6.21. The third-order valence-electron chi connectivity index (χ3n) is 3.39. The average molecular weight is 357 g/mol. The molecule has 1 aromatic carbocycles. The van der Waals surface area contributed by atoms with Crippen molar-refractivity contribution in [3.05, 3.63) is 38.3 Å². The van der Waals surface area contributed by atoms with Crippen LogP contribution in [0.3, 0.4) is 0 Å². The molecule has 0 bridgehead atoms. The number of aliphatic carboxylic acids is 1. The van der Waals surface area contributed by atoms with Crippen molar-refractivity contribution in [3.63, 3.8) is 0 Å². The number of nitro groups is 1. The second-order valence-electron chi connectivity index (χ2n) is 4.80. The van der Waals surface area contributed by atoms with Crippen LogP contribution >= 0.6 is 15.9 Å². The number of carbonyl (C=O) groups excluding carboxylic acids is 1. The molecule has 0 saturated carbocycles. The molecule has 1 N–H and O–H groups in total. The number of hydrogen-bond donors (Lipinski definition) is 1. The van der Waals surface area contributed by atoms with E-state index < -0.39 is 22.8 Å². The number of hydrogen-bond acceptors (Lipinski definition) is 4. The number of amides is 1. The maximum atomic E-state index is 12.5. The van der Waals surface area contributed by atoms with Crippen molar-refractivity contribution in [2.75, 3.05) is 6.54 Å². The molecule has 21 heavy (non-hydrogen) atoms. The van der Waals surface area contributed by atoms with Crippen molar-refractivity contribution in [1.82, 2.24) is 4.90 Å². The minimum atomic E-state index is -1.05. The van der Waals surface area contributed by atoms with Crippen LogP contribution in [0.1, 0.15) is 29.6 Å². The van der Waals surface area contributed by atoms with E-state index >= 15 is 0 Å². The Balaban J connectivity index is 2.34. The predicted molar refractivity (Wildman–Crippen MR) is 77.1 cm³/mol. The summed E-state index contributed by atoms with van der Waals surface area (Å²) in [5.41, 5.74) is -0.0964. The average Bonchev–Trinajstić information content (AvgIpc) is 2.45. The maximum absolute atomic E-state index is 12.5. The summed E-state index contributed by atoms with van der Waals surface area (Å²) in [7, 11) is 0. The molecule has 1 aliphatic rings. The number of nitro benzene ring substituents is 1. The molecule has 2 rings (SSSR count). The summed E-state index contributed by atoms with van der Waals surface area (Å²) in [5, 5.41) is 20.0. The van der Waals surface area contributed by atoms with Crippen molar-refractivity contribution in [1.29, 1.82) is 0 Å². The molecular formula is C13H13BrN2O5. The molecule has 0 aromatic heterocycles. The Bertz CT molecular complexity index is 604. The largest absolute Gasteiger partial charge is 0.480 e. The van der Waals surface area contributed by atoms with Crippen LogP contribution in [0.5, 0.6) is 0 Å². The molecule has 0 aliphatic carbocycles. The molecule has 0 spiro atoms. The first kappa shape index (κ1) is 15.4. The Labute approximate surface area is 128 Å². The van der Waals surface area contributed by atoms with Crippen LogP contribution in [-0.4, -0.2) is 39.4 Å². The summed E-state index contributed by atoms with van der Waals surface area (Å²) >= 11 is 3.13. The normalized spacial score (nSPS) is 18.3. The number of non-ortho nitro benzene ring substituents is 1. The highest BCUT2D eigenvalue weighted by atomic mass is 79.9. The molecule has 1 atom stereocenters. The number of carboxylic acid groups (broad SMARTS) is 1. The quantitative estimate of drug-likeness (QED) is 0.661. The van der Waals surface area contributed by atoms with Crippen LogP contribution in [0.4, 0.5) is 5.69 Å². The molecule has 1 heterocycles. The number of rotatable bonds is 3. The minimum Gasteiger partial charge on any atom is -0.480 e. The van der Waals surface area contributed by atoms with E-state index in [2.05, 4.69) is 15.9 Å². The van der Waals surface area contributed by atoms with Crippen LogP contribution in [0.15, 0.2) is 22.7 Å². The molecular weight excluding hydrogens is 344 g/mol. The van der Waals surface area contributed by atoms with Gasteiger partial charge in [-0.1, -0.05) is 15.9 Å². The molecule has 1 saturated heterocycles. The van der Waals surface area contributed by atoms with Crippen molar-refractivity contribution in [3.8, 4) is 0 Å². The Morgan fingerprint density at radius 3 is 2.67 bits per heavy atom. The highest BCUT2D eigenvalue weighted by molar-refractivity contribution is 9.10. The Kier molecular flexibility index (Phi) is 4.56. The van der Waals surface area contributed by atoms with E-state index in [1.807, 2.05) is 0 Å². The third kappa shape index (κ3) is 3.38. The Hall–Kier alpha value is -1.96. The van der Waals surface area contributed by atoms with Gasteiger partial charge in [-0.2, -0.15) is 0 Å². The zero-order chi connectivity index (χ0) is 15.6. The van der Waals surface area contributed by atoms with Gasteiger partial charge in [0, 0.05) is 28.7 Å². The molecule has 0 unspecified atom stereocenters. The number of likely N-dealkylation sites (tertiary alicyclic amines) is 1. The maximum Gasteiger partial charge on any atom is 0.326 e. The van der Waals surface area contributed by atoms with E-state index in [4.69, 9.17) is 0 Å². The van der Waals surface area contributed by atoms with Crippen LogP contribution in [0, 0.1) is 10.1 Å². The lowest BCUT2D eigenvalue weighted by Crippen LogP contribution is -2.48. The van der Waals surface area contributed by atoms with Crippen LogP contribution in [0.25, 0.3) is 0 Å². The fourth-order valence-electron chi connectivity index (χ4n) is 2.40. The molecule has 1 aliphatic heterocycles.